The summed E-state index contributed by atoms with van der Waals surface area (Å²) in [6, 6.07) is 13.5. The van der Waals surface area contributed by atoms with Gasteiger partial charge in [0.25, 0.3) is 0 Å². The van der Waals surface area contributed by atoms with Gasteiger partial charge in [0.2, 0.25) is 5.91 Å². The lowest BCUT2D eigenvalue weighted by molar-refractivity contribution is -0.111. The summed E-state index contributed by atoms with van der Waals surface area (Å²) in [5.74, 6) is 1.71. The largest absolute Gasteiger partial charge is 0.496 e. The van der Waals surface area contributed by atoms with Crippen LogP contribution in [0.25, 0.3) is 27.7 Å². The van der Waals surface area contributed by atoms with Gasteiger partial charge in [0.15, 0.2) is 0 Å². The van der Waals surface area contributed by atoms with Gasteiger partial charge in [-0.3, -0.25) is 4.79 Å². The van der Waals surface area contributed by atoms with Gasteiger partial charge >= 0.3 is 0 Å². The summed E-state index contributed by atoms with van der Waals surface area (Å²) < 4.78 is 17.6. The Morgan fingerprint density at radius 2 is 1.94 bits per heavy atom. The molecule has 174 valence electrons. The third-order valence-electron chi connectivity index (χ3n) is 5.66. The number of pyridine rings is 1. The van der Waals surface area contributed by atoms with Crippen LogP contribution in [0.15, 0.2) is 65.4 Å². The summed E-state index contributed by atoms with van der Waals surface area (Å²) in [4.78, 5) is 17.0. The van der Waals surface area contributed by atoms with Gasteiger partial charge < -0.3 is 19.2 Å². The third kappa shape index (κ3) is 4.53. The average Bonchev–Trinajstić information content (AvgIpc) is 3.26. The summed E-state index contributed by atoms with van der Waals surface area (Å²) in [6.45, 7) is 8.24. The molecule has 0 saturated carbocycles. The number of hydrogen-bond acceptors (Lipinski definition) is 5. The number of carbonyl (C=O) groups is 1. The minimum atomic E-state index is -0.258. The topological polar surface area (TPSA) is 73.6 Å². The highest BCUT2D eigenvalue weighted by molar-refractivity contribution is 6.05. The van der Waals surface area contributed by atoms with E-state index in [1.807, 2.05) is 64.1 Å². The zero-order chi connectivity index (χ0) is 24.2. The summed E-state index contributed by atoms with van der Waals surface area (Å²) >= 11 is 0. The number of furan rings is 1. The van der Waals surface area contributed by atoms with Crippen LogP contribution in [0, 0.1) is 13.8 Å². The van der Waals surface area contributed by atoms with E-state index in [-0.39, 0.29) is 5.91 Å². The standard InChI is InChI=1S/C28H28N2O4/c1-6-33-27-19(4)28-22(23(16-34-28)20-9-7-8-10-24(20)32-5)14-21(27)18(3)13-26(31)30-25-12-11-17(2)15-29-25/h7-16H,6H2,1-5H3,(H,29,30,31)/b18-13+. The molecule has 2 aromatic carbocycles. The average molecular weight is 457 g/mol. The van der Waals surface area contributed by atoms with Crippen molar-refractivity contribution in [2.75, 3.05) is 19.0 Å². The number of amides is 1. The lowest BCUT2D eigenvalue weighted by Crippen LogP contribution is -2.10. The van der Waals surface area contributed by atoms with Crippen molar-refractivity contribution in [3.05, 3.63) is 77.7 Å². The van der Waals surface area contributed by atoms with Gasteiger partial charge in [-0.05, 0) is 57.0 Å². The van der Waals surface area contributed by atoms with Gasteiger partial charge in [0, 0.05) is 39.9 Å². The normalized spacial score (nSPS) is 11.5. The molecule has 2 aromatic heterocycles. The Morgan fingerprint density at radius 1 is 1.15 bits per heavy atom. The van der Waals surface area contributed by atoms with Crippen molar-refractivity contribution in [3.8, 4) is 22.6 Å². The Balaban J connectivity index is 1.80. The molecule has 34 heavy (non-hydrogen) atoms. The van der Waals surface area contributed by atoms with E-state index in [0.717, 1.165) is 50.1 Å². The van der Waals surface area contributed by atoms with Crippen molar-refractivity contribution in [3.63, 3.8) is 0 Å². The zero-order valence-corrected chi connectivity index (χ0v) is 20.1. The van der Waals surface area contributed by atoms with Crippen LogP contribution in [0.3, 0.4) is 0 Å². The maximum Gasteiger partial charge on any atom is 0.249 e. The smallest absolute Gasteiger partial charge is 0.249 e. The Kier molecular flexibility index (Phi) is 6.68. The number of nitrogens with zero attached hydrogens (tertiary/aromatic N) is 1. The van der Waals surface area contributed by atoms with Gasteiger partial charge in [-0.15, -0.1) is 0 Å². The van der Waals surface area contributed by atoms with E-state index in [9.17, 15) is 4.79 Å². The summed E-state index contributed by atoms with van der Waals surface area (Å²) in [5, 5.41) is 3.74. The van der Waals surface area contributed by atoms with Crippen LogP contribution >= 0.6 is 0 Å². The molecule has 0 aliphatic carbocycles. The van der Waals surface area contributed by atoms with E-state index in [1.165, 1.54) is 0 Å². The molecule has 0 spiro atoms. The molecule has 6 nitrogen and oxygen atoms in total. The van der Waals surface area contributed by atoms with Crippen LogP contribution in [0.4, 0.5) is 5.82 Å². The molecular formula is C28H28N2O4. The van der Waals surface area contributed by atoms with Gasteiger partial charge in [-0.2, -0.15) is 0 Å². The highest BCUT2D eigenvalue weighted by Crippen LogP contribution is 2.42. The highest BCUT2D eigenvalue weighted by atomic mass is 16.5. The first kappa shape index (κ1) is 23.1. The molecule has 4 aromatic rings. The molecule has 6 heteroatoms. The number of hydrogen-bond donors (Lipinski definition) is 1. The number of rotatable bonds is 7. The second-order valence-electron chi connectivity index (χ2n) is 8.08. The number of allylic oxidation sites excluding steroid dienone is 1. The van der Waals surface area contributed by atoms with Crippen molar-refractivity contribution in [1.29, 1.82) is 0 Å². The second-order valence-corrected chi connectivity index (χ2v) is 8.08. The highest BCUT2D eigenvalue weighted by Gasteiger charge is 2.20. The molecular weight excluding hydrogens is 428 g/mol. The molecule has 0 aliphatic heterocycles. The molecule has 2 heterocycles. The quantitative estimate of drug-likeness (QED) is 0.319. The number of carbonyl (C=O) groups excluding carboxylic acids is 1. The number of anilines is 1. The summed E-state index contributed by atoms with van der Waals surface area (Å²) in [7, 11) is 1.65. The fourth-order valence-corrected chi connectivity index (χ4v) is 3.99. The van der Waals surface area contributed by atoms with E-state index in [1.54, 1.807) is 31.7 Å². The van der Waals surface area contributed by atoms with E-state index < -0.39 is 0 Å². The van der Waals surface area contributed by atoms with Crippen LogP contribution in [0.1, 0.15) is 30.5 Å². The van der Waals surface area contributed by atoms with Crippen LogP contribution < -0.4 is 14.8 Å². The predicted molar refractivity (Wildman–Crippen MR) is 135 cm³/mol. The SMILES string of the molecule is CCOc1c(/C(C)=C/C(=O)Nc2ccc(C)cn2)cc2c(-c3ccccc3OC)coc2c1C. The van der Waals surface area contributed by atoms with Crippen molar-refractivity contribution in [2.45, 2.75) is 27.7 Å². The molecule has 0 fully saturated rings. The number of methoxy groups -OCH3 is 1. The maximum absolute atomic E-state index is 12.7. The monoisotopic (exact) mass is 456 g/mol. The minimum absolute atomic E-state index is 0.258. The number of fused-ring (bicyclic) bond motifs is 1. The van der Waals surface area contributed by atoms with Crippen molar-refractivity contribution >= 4 is 28.3 Å². The van der Waals surface area contributed by atoms with E-state index in [0.29, 0.717) is 18.2 Å². The Morgan fingerprint density at radius 3 is 2.65 bits per heavy atom. The summed E-state index contributed by atoms with van der Waals surface area (Å²) in [5.41, 5.74) is 6.10. The minimum Gasteiger partial charge on any atom is -0.496 e. The third-order valence-corrected chi connectivity index (χ3v) is 5.66. The summed E-state index contributed by atoms with van der Waals surface area (Å²) in [6.07, 6.45) is 5.02. The molecule has 4 rings (SSSR count). The lowest BCUT2D eigenvalue weighted by atomic mass is 9.96. The van der Waals surface area contributed by atoms with Crippen LogP contribution in [-0.4, -0.2) is 24.6 Å². The van der Waals surface area contributed by atoms with Gasteiger partial charge in [-0.1, -0.05) is 24.3 Å². The van der Waals surface area contributed by atoms with E-state index in [4.69, 9.17) is 13.9 Å². The Bertz CT molecular complexity index is 1370. The van der Waals surface area contributed by atoms with Gasteiger partial charge in [-0.25, -0.2) is 4.98 Å². The van der Waals surface area contributed by atoms with Gasteiger partial charge in [0.05, 0.1) is 20.0 Å². The van der Waals surface area contributed by atoms with Crippen LogP contribution in [-0.2, 0) is 4.79 Å². The van der Waals surface area contributed by atoms with Gasteiger partial charge in [0.1, 0.15) is 22.9 Å². The van der Waals surface area contributed by atoms with E-state index >= 15 is 0 Å². The first-order valence-electron chi connectivity index (χ1n) is 11.2. The first-order valence-corrected chi connectivity index (χ1v) is 11.2. The lowest BCUT2D eigenvalue weighted by Gasteiger charge is -2.15. The Labute approximate surface area is 199 Å². The molecule has 0 atom stereocenters. The number of aromatic nitrogens is 1. The first-order chi connectivity index (χ1) is 16.4. The van der Waals surface area contributed by atoms with Crippen molar-refractivity contribution in [2.24, 2.45) is 0 Å². The molecule has 0 unspecified atom stereocenters. The fourth-order valence-electron chi connectivity index (χ4n) is 3.99. The number of para-hydroxylation sites is 1. The molecule has 1 N–H and O–H groups in total. The van der Waals surface area contributed by atoms with Crippen molar-refractivity contribution in [1.82, 2.24) is 4.98 Å². The van der Waals surface area contributed by atoms with Crippen LogP contribution in [0.5, 0.6) is 11.5 Å². The number of benzene rings is 2. The van der Waals surface area contributed by atoms with Crippen molar-refractivity contribution < 1.29 is 18.7 Å². The molecule has 0 aliphatic rings. The zero-order valence-electron chi connectivity index (χ0n) is 20.1. The number of nitrogens with one attached hydrogen (secondary N) is 1. The second kappa shape index (κ2) is 9.83. The number of aryl methyl sites for hydroxylation is 2. The molecule has 0 bridgehead atoms. The van der Waals surface area contributed by atoms with E-state index in [2.05, 4.69) is 10.3 Å². The molecule has 1 amide bonds. The van der Waals surface area contributed by atoms with Crippen LogP contribution in [0.2, 0.25) is 0 Å². The molecule has 0 saturated heterocycles. The maximum atomic E-state index is 12.7. The molecule has 0 radical (unpaired) electrons. The number of ether oxygens (including phenoxy) is 2. The predicted octanol–water partition coefficient (Wildman–Crippen LogP) is 6.56. The fraction of sp³-hybridized carbons (Fsp3) is 0.214. The Hall–Kier alpha value is -4.06.